The fourth-order valence-corrected chi connectivity index (χ4v) is 1.94. The fraction of sp³-hybridized carbons (Fsp3) is 0.250. The molecule has 18 heavy (non-hydrogen) atoms. The van der Waals surface area contributed by atoms with Crippen molar-refractivity contribution in [3.05, 3.63) is 70.3 Å². The quantitative estimate of drug-likeness (QED) is 0.717. The summed E-state index contributed by atoms with van der Waals surface area (Å²) in [5.74, 6) is -2.94. The number of rotatable bonds is 2. The molecule has 0 aromatic heterocycles. The smallest absolute Gasteiger partial charge is 0.196 e. The highest BCUT2D eigenvalue weighted by molar-refractivity contribution is 5.39. The van der Waals surface area contributed by atoms with Crippen molar-refractivity contribution >= 4 is 0 Å². The van der Waals surface area contributed by atoms with E-state index in [1.54, 1.807) is 18.2 Å². The lowest BCUT2D eigenvalue weighted by atomic mass is 9.96. The SMILES string of the molecule is Cc1cccc(C(F)(F)c2ccc(C)c(C)c2)c1. The standard InChI is InChI=1S/C16H16F2/c1-11-5-4-6-14(9-11)16(17,18)15-8-7-12(2)13(3)10-15/h4-10H,1-3H3. The Labute approximate surface area is 106 Å². The zero-order chi connectivity index (χ0) is 13.3. The van der Waals surface area contributed by atoms with Gasteiger partial charge < -0.3 is 0 Å². The third-order valence-corrected chi connectivity index (χ3v) is 3.25. The molecule has 0 unspecified atom stereocenters. The van der Waals surface area contributed by atoms with Crippen molar-refractivity contribution in [3.63, 3.8) is 0 Å². The average molecular weight is 246 g/mol. The summed E-state index contributed by atoms with van der Waals surface area (Å²) < 4.78 is 28.8. The zero-order valence-electron chi connectivity index (χ0n) is 10.8. The predicted octanol–water partition coefficient (Wildman–Crippen LogP) is 4.75. The number of hydrogen-bond acceptors (Lipinski definition) is 0. The number of benzene rings is 2. The average Bonchev–Trinajstić information content (AvgIpc) is 2.32. The summed E-state index contributed by atoms with van der Waals surface area (Å²) in [7, 11) is 0. The summed E-state index contributed by atoms with van der Waals surface area (Å²) in [4.78, 5) is 0. The molecular formula is C16H16F2. The molecule has 0 amide bonds. The molecule has 2 aromatic rings. The van der Waals surface area contributed by atoms with Crippen LogP contribution in [0.2, 0.25) is 0 Å². The molecule has 0 saturated carbocycles. The van der Waals surface area contributed by atoms with Crippen LogP contribution >= 0.6 is 0 Å². The van der Waals surface area contributed by atoms with Crippen molar-refractivity contribution in [2.45, 2.75) is 26.7 Å². The second-order valence-corrected chi connectivity index (χ2v) is 4.74. The van der Waals surface area contributed by atoms with Crippen LogP contribution in [0.3, 0.4) is 0 Å². The third-order valence-electron chi connectivity index (χ3n) is 3.25. The van der Waals surface area contributed by atoms with E-state index in [0.717, 1.165) is 16.7 Å². The van der Waals surface area contributed by atoms with E-state index >= 15 is 0 Å². The van der Waals surface area contributed by atoms with Crippen LogP contribution in [0.1, 0.15) is 27.8 Å². The molecule has 0 N–H and O–H groups in total. The Morgan fingerprint density at radius 3 is 2.06 bits per heavy atom. The normalized spacial score (nSPS) is 11.6. The molecule has 0 saturated heterocycles. The molecule has 0 aliphatic carbocycles. The second kappa shape index (κ2) is 4.52. The first-order chi connectivity index (χ1) is 8.41. The lowest BCUT2D eigenvalue weighted by molar-refractivity contribution is 0.0427. The van der Waals surface area contributed by atoms with Gasteiger partial charge in [-0.05, 0) is 44.0 Å². The lowest BCUT2D eigenvalue weighted by Gasteiger charge is -2.18. The Kier molecular flexibility index (Phi) is 3.20. The maximum absolute atomic E-state index is 14.4. The van der Waals surface area contributed by atoms with Crippen LogP contribution in [0, 0.1) is 20.8 Å². The van der Waals surface area contributed by atoms with E-state index in [1.165, 1.54) is 18.2 Å². The third kappa shape index (κ3) is 2.28. The van der Waals surface area contributed by atoms with Gasteiger partial charge in [0, 0.05) is 11.1 Å². The predicted molar refractivity (Wildman–Crippen MR) is 70.1 cm³/mol. The maximum Gasteiger partial charge on any atom is 0.298 e. The van der Waals surface area contributed by atoms with Gasteiger partial charge in [-0.15, -0.1) is 0 Å². The van der Waals surface area contributed by atoms with Crippen LogP contribution in [0.25, 0.3) is 0 Å². The van der Waals surface area contributed by atoms with Gasteiger partial charge in [0.25, 0.3) is 5.92 Å². The van der Waals surface area contributed by atoms with E-state index in [9.17, 15) is 8.78 Å². The van der Waals surface area contributed by atoms with Crippen LogP contribution in [0.5, 0.6) is 0 Å². The Balaban J connectivity index is 2.50. The lowest BCUT2D eigenvalue weighted by Crippen LogP contribution is -2.15. The van der Waals surface area contributed by atoms with Gasteiger partial charge in [-0.2, -0.15) is 8.78 Å². The molecule has 0 bridgehead atoms. The van der Waals surface area contributed by atoms with Gasteiger partial charge >= 0.3 is 0 Å². The molecule has 0 fully saturated rings. The summed E-state index contributed by atoms with van der Waals surface area (Å²) >= 11 is 0. The Hall–Kier alpha value is -1.70. The Morgan fingerprint density at radius 2 is 1.44 bits per heavy atom. The van der Waals surface area contributed by atoms with E-state index in [4.69, 9.17) is 0 Å². The molecule has 0 aliphatic rings. The first-order valence-electron chi connectivity index (χ1n) is 5.94. The van der Waals surface area contributed by atoms with Crippen LogP contribution in [-0.4, -0.2) is 0 Å². The number of aryl methyl sites for hydroxylation is 3. The molecule has 2 rings (SSSR count). The molecule has 0 radical (unpaired) electrons. The first-order valence-corrected chi connectivity index (χ1v) is 5.94. The van der Waals surface area contributed by atoms with Crippen LogP contribution in [0.4, 0.5) is 8.78 Å². The van der Waals surface area contributed by atoms with Gasteiger partial charge in [-0.25, -0.2) is 0 Å². The molecule has 0 spiro atoms. The molecule has 94 valence electrons. The van der Waals surface area contributed by atoms with Gasteiger partial charge in [0.2, 0.25) is 0 Å². The first kappa shape index (κ1) is 12.7. The molecule has 0 nitrogen and oxygen atoms in total. The minimum atomic E-state index is -2.94. The summed E-state index contributed by atoms with van der Waals surface area (Å²) in [6.45, 7) is 5.59. The van der Waals surface area contributed by atoms with E-state index < -0.39 is 5.92 Å². The van der Waals surface area contributed by atoms with E-state index in [-0.39, 0.29) is 11.1 Å². The summed E-state index contributed by atoms with van der Waals surface area (Å²) in [5, 5.41) is 0. The fourth-order valence-electron chi connectivity index (χ4n) is 1.94. The van der Waals surface area contributed by atoms with E-state index in [0.29, 0.717) is 0 Å². The van der Waals surface area contributed by atoms with Crippen molar-refractivity contribution in [2.24, 2.45) is 0 Å². The van der Waals surface area contributed by atoms with E-state index in [2.05, 4.69) is 0 Å². The monoisotopic (exact) mass is 246 g/mol. The molecule has 0 atom stereocenters. The van der Waals surface area contributed by atoms with Gasteiger partial charge in [-0.1, -0.05) is 35.9 Å². The van der Waals surface area contributed by atoms with Crippen molar-refractivity contribution in [1.29, 1.82) is 0 Å². The highest BCUT2D eigenvalue weighted by Gasteiger charge is 2.34. The number of hydrogen-bond donors (Lipinski definition) is 0. The van der Waals surface area contributed by atoms with Gasteiger partial charge in [0.05, 0.1) is 0 Å². The summed E-state index contributed by atoms with van der Waals surface area (Å²) in [5.41, 5.74) is 2.86. The van der Waals surface area contributed by atoms with E-state index in [1.807, 2.05) is 26.8 Å². The topological polar surface area (TPSA) is 0 Å². The molecule has 2 heteroatoms. The number of halogens is 2. The molecule has 0 aliphatic heterocycles. The highest BCUT2D eigenvalue weighted by Crippen LogP contribution is 2.36. The Bertz CT molecular complexity index is 571. The number of alkyl halides is 2. The van der Waals surface area contributed by atoms with Crippen molar-refractivity contribution in [3.8, 4) is 0 Å². The van der Waals surface area contributed by atoms with Crippen LogP contribution < -0.4 is 0 Å². The molecular weight excluding hydrogens is 230 g/mol. The zero-order valence-corrected chi connectivity index (χ0v) is 10.8. The summed E-state index contributed by atoms with van der Waals surface area (Å²) in [6, 6.07) is 11.3. The molecule has 0 heterocycles. The van der Waals surface area contributed by atoms with Gasteiger partial charge in [-0.3, -0.25) is 0 Å². The van der Waals surface area contributed by atoms with Crippen molar-refractivity contribution in [1.82, 2.24) is 0 Å². The van der Waals surface area contributed by atoms with Gasteiger partial charge in [0.15, 0.2) is 0 Å². The largest absolute Gasteiger partial charge is 0.298 e. The molecule has 2 aromatic carbocycles. The van der Waals surface area contributed by atoms with Crippen molar-refractivity contribution in [2.75, 3.05) is 0 Å². The maximum atomic E-state index is 14.4. The Morgan fingerprint density at radius 1 is 0.778 bits per heavy atom. The van der Waals surface area contributed by atoms with Crippen LogP contribution in [-0.2, 0) is 5.92 Å². The van der Waals surface area contributed by atoms with Crippen LogP contribution in [0.15, 0.2) is 42.5 Å². The summed E-state index contributed by atoms with van der Waals surface area (Å²) in [6.07, 6.45) is 0. The highest BCUT2D eigenvalue weighted by atomic mass is 19.3. The van der Waals surface area contributed by atoms with Crippen molar-refractivity contribution < 1.29 is 8.78 Å². The second-order valence-electron chi connectivity index (χ2n) is 4.74. The minimum absolute atomic E-state index is 0.0470. The van der Waals surface area contributed by atoms with Gasteiger partial charge in [0.1, 0.15) is 0 Å². The minimum Gasteiger partial charge on any atom is -0.196 e.